The molecule has 0 unspecified atom stereocenters. The lowest BCUT2D eigenvalue weighted by molar-refractivity contribution is -0.138. The first-order chi connectivity index (χ1) is 14.5. The molecule has 0 bridgehead atoms. The van der Waals surface area contributed by atoms with Gasteiger partial charge in [-0.15, -0.1) is 0 Å². The molecule has 154 valence electrons. The standard InChI is InChI=1S/C23H24N4O3/c1-14-4-2-3-5-17(14)22-18-11-26(12-21(28)29)9-16(18)10-27(22)23(30)15-6-7-19-20(8-15)25-13-24-19/h2-8,13,16,18,22H,9-12H2,1H3,(H,24,25)(H,28,29)/t16-,18-,22+/m0/s1. The van der Waals surface area contributed by atoms with Gasteiger partial charge in [-0.1, -0.05) is 24.3 Å². The van der Waals surface area contributed by atoms with Gasteiger partial charge in [0, 0.05) is 31.1 Å². The Morgan fingerprint density at radius 3 is 2.80 bits per heavy atom. The lowest BCUT2D eigenvalue weighted by Crippen LogP contribution is -2.37. The highest BCUT2D eigenvalue weighted by molar-refractivity contribution is 5.97. The number of carboxylic acids is 1. The predicted octanol–water partition coefficient (Wildman–Crippen LogP) is 2.70. The summed E-state index contributed by atoms with van der Waals surface area (Å²) in [6.45, 7) is 4.17. The topological polar surface area (TPSA) is 89.5 Å². The minimum atomic E-state index is -0.803. The monoisotopic (exact) mass is 404 g/mol. The van der Waals surface area contributed by atoms with Crippen LogP contribution in [0.25, 0.3) is 11.0 Å². The Morgan fingerprint density at radius 1 is 1.17 bits per heavy atom. The Kier molecular flexibility index (Phi) is 4.55. The normalized spacial score (nSPS) is 23.8. The number of hydrogen-bond donors (Lipinski definition) is 2. The van der Waals surface area contributed by atoms with Crippen LogP contribution in [0.1, 0.15) is 27.5 Å². The zero-order valence-electron chi connectivity index (χ0n) is 16.8. The molecule has 1 amide bonds. The Hall–Kier alpha value is -3.19. The van der Waals surface area contributed by atoms with Crippen LogP contribution in [-0.2, 0) is 4.79 Å². The van der Waals surface area contributed by atoms with Crippen LogP contribution in [0.3, 0.4) is 0 Å². The minimum absolute atomic E-state index is 0.0129. The second kappa shape index (κ2) is 7.25. The first-order valence-corrected chi connectivity index (χ1v) is 10.2. The molecule has 7 heteroatoms. The van der Waals surface area contributed by atoms with Crippen LogP contribution in [-0.4, -0.2) is 62.9 Å². The third-order valence-electron chi connectivity index (χ3n) is 6.53. The maximum atomic E-state index is 13.6. The smallest absolute Gasteiger partial charge is 0.317 e. The second-order valence-electron chi connectivity index (χ2n) is 8.41. The fourth-order valence-corrected chi connectivity index (χ4v) is 5.22. The molecule has 1 aromatic heterocycles. The SMILES string of the molecule is Cc1ccccc1[C@@H]1[C@H]2CN(CC(=O)O)C[C@H]2CN1C(=O)c1ccc2nc[nH]c2c1. The third kappa shape index (κ3) is 3.15. The van der Waals surface area contributed by atoms with E-state index >= 15 is 0 Å². The highest BCUT2D eigenvalue weighted by atomic mass is 16.4. The van der Waals surface area contributed by atoms with E-state index in [9.17, 15) is 14.7 Å². The van der Waals surface area contributed by atoms with Crippen molar-refractivity contribution < 1.29 is 14.7 Å². The number of aliphatic carboxylic acids is 1. The summed E-state index contributed by atoms with van der Waals surface area (Å²) in [4.78, 5) is 36.1. The van der Waals surface area contributed by atoms with Crippen LogP contribution in [0, 0.1) is 18.8 Å². The molecule has 30 heavy (non-hydrogen) atoms. The number of aromatic amines is 1. The van der Waals surface area contributed by atoms with Crippen molar-refractivity contribution in [3.05, 3.63) is 65.5 Å². The van der Waals surface area contributed by atoms with Gasteiger partial charge in [-0.2, -0.15) is 0 Å². The number of carbonyl (C=O) groups is 2. The third-order valence-corrected chi connectivity index (χ3v) is 6.53. The molecule has 5 rings (SSSR count). The van der Waals surface area contributed by atoms with Crippen LogP contribution in [0.15, 0.2) is 48.8 Å². The fourth-order valence-electron chi connectivity index (χ4n) is 5.22. The average Bonchev–Trinajstić information content (AvgIpc) is 3.41. The van der Waals surface area contributed by atoms with Crippen molar-refractivity contribution in [2.45, 2.75) is 13.0 Å². The Labute approximate surface area is 174 Å². The molecule has 7 nitrogen and oxygen atoms in total. The summed E-state index contributed by atoms with van der Waals surface area (Å²) in [7, 11) is 0. The molecule has 0 saturated carbocycles. The number of carbonyl (C=O) groups excluding carboxylic acids is 1. The molecular formula is C23H24N4O3. The molecule has 0 aliphatic carbocycles. The van der Waals surface area contributed by atoms with Crippen LogP contribution in [0.4, 0.5) is 0 Å². The number of nitrogens with zero attached hydrogens (tertiary/aromatic N) is 3. The van der Waals surface area contributed by atoms with Crippen molar-refractivity contribution in [1.29, 1.82) is 0 Å². The summed E-state index contributed by atoms with van der Waals surface area (Å²) >= 11 is 0. The Morgan fingerprint density at radius 2 is 2.00 bits per heavy atom. The maximum Gasteiger partial charge on any atom is 0.317 e. The van der Waals surface area contributed by atoms with Gasteiger partial charge >= 0.3 is 5.97 Å². The number of rotatable bonds is 4. The minimum Gasteiger partial charge on any atom is -0.480 e. The van der Waals surface area contributed by atoms with Gasteiger partial charge in [0.1, 0.15) is 0 Å². The van der Waals surface area contributed by atoms with Crippen molar-refractivity contribution in [1.82, 2.24) is 19.8 Å². The van der Waals surface area contributed by atoms with Gasteiger partial charge < -0.3 is 15.0 Å². The number of benzene rings is 2. The lowest BCUT2D eigenvalue weighted by Gasteiger charge is -2.31. The number of H-pyrrole nitrogens is 1. The molecule has 2 fully saturated rings. The van der Waals surface area contributed by atoms with Crippen molar-refractivity contribution in [3.8, 4) is 0 Å². The van der Waals surface area contributed by atoms with Crippen LogP contribution >= 0.6 is 0 Å². The summed E-state index contributed by atoms with van der Waals surface area (Å²) < 4.78 is 0. The number of carboxylic acid groups (broad SMARTS) is 1. The summed E-state index contributed by atoms with van der Waals surface area (Å²) in [5.74, 6) is -0.291. The predicted molar refractivity (Wildman–Crippen MR) is 112 cm³/mol. The number of nitrogens with one attached hydrogen (secondary N) is 1. The van der Waals surface area contributed by atoms with E-state index < -0.39 is 5.97 Å². The largest absolute Gasteiger partial charge is 0.480 e. The van der Waals surface area contributed by atoms with E-state index in [2.05, 4.69) is 29.0 Å². The fraction of sp³-hybridized carbons (Fsp3) is 0.348. The van der Waals surface area contributed by atoms with E-state index in [4.69, 9.17) is 0 Å². The van der Waals surface area contributed by atoms with Gasteiger partial charge in [-0.05, 0) is 42.2 Å². The first-order valence-electron chi connectivity index (χ1n) is 10.2. The second-order valence-corrected chi connectivity index (χ2v) is 8.41. The molecule has 3 aromatic rings. The Balaban J connectivity index is 1.50. The van der Waals surface area contributed by atoms with Crippen molar-refractivity contribution in [3.63, 3.8) is 0 Å². The molecule has 3 heterocycles. The molecule has 2 aliphatic rings. The molecule has 2 saturated heterocycles. The van der Waals surface area contributed by atoms with Crippen molar-refractivity contribution in [2.75, 3.05) is 26.2 Å². The van der Waals surface area contributed by atoms with Crippen molar-refractivity contribution in [2.24, 2.45) is 11.8 Å². The van der Waals surface area contributed by atoms with Crippen LogP contribution in [0.2, 0.25) is 0 Å². The number of aromatic nitrogens is 2. The molecule has 0 radical (unpaired) electrons. The highest BCUT2D eigenvalue weighted by Gasteiger charge is 2.49. The van der Waals surface area contributed by atoms with Gasteiger partial charge in [-0.3, -0.25) is 14.5 Å². The molecular weight excluding hydrogens is 380 g/mol. The van der Waals surface area contributed by atoms with E-state index in [-0.39, 0.29) is 30.3 Å². The van der Waals surface area contributed by atoms with E-state index in [0.29, 0.717) is 25.2 Å². The molecule has 2 aliphatic heterocycles. The number of likely N-dealkylation sites (tertiary alicyclic amines) is 2. The average molecular weight is 404 g/mol. The van der Waals surface area contributed by atoms with Crippen LogP contribution < -0.4 is 0 Å². The van der Waals surface area contributed by atoms with Crippen LogP contribution in [0.5, 0.6) is 0 Å². The van der Waals surface area contributed by atoms with E-state index in [1.54, 1.807) is 6.33 Å². The van der Waals surface area contributed by atoms with Gasteiger partial charge in [0.2, 0.25) is 0 Å². The zero-order valence-corrected chi connectivity index (χ0v) is 16.8. The number of amides is 1. The molecule has 3 atom stereocenters. The summed E-state index contributed by atoms with van der Waals surface area (Å²) in [6.07, 6.45) is 1.63. The van der Waals surface area contributed by atoms with Gasteiger partial charge in [0.15, 0.2) is 0 Å². The van der Waals surface area contributed by atoms with E-state index in [0.717, 1.165) is 22.2 Å². The van der Waals surface area contributed by atoms with E-state index in [1.807, 2.05) is 40.1 Å². The molecule has 2 aromatic carbocycles. The quantitative estimate of drug-likeness (QED) is 0.698. The Bertz CT molecular complexity index is 1120. The lowest BCUT2D eigenvalue weighted by atomic mass is 9.87. The molecule has 2 N–H and O–H groups in total. The van der Waals surface area contributed by atoms with Gasteiger partial charge in [0.05, 0.1) is 29.9 Å². The van der Waals surface area contributed by atoms with Crippen molar-refractivity contribution >= 4 is 22.9 Å². The summed E-state index contributed by atoms with van der Waals surface area (Å²) in [5, 5.41) is 9.21. The zero-order chi connectivity index (χ0) is 20.8. The number of fused-ring (bicyclic) bond motifs is 2. The number of imidazole rings is 1. The number of aryl methyl sites for hydroxylation is 1. The summed E-state index contributed by atoms with van der Waals surface area (Å²) in [5.41, 5.74) is 4.64. The summed E-state index contributed by atoms with van der Waals surface area (Å²) in [6, 6.07) is 13.7. The van der Waals surface area contributed by atoms with E-state index in [1.165, 1.54) is 0 Å². The maximum absolute atomic E-state index is 13.6. The highest BCUT2D eigenvalue weighted by Crippen LogP contribution is 2.46. The first kappa shape index (κ1) is 18.8. The molecule has 0 spiro atoms. The van der Waals surface area contributed by atoms with Gasteiger partial charge in [0.25, 0.3) is 5.91 Å². The number of hydrogen-bond acceptors (Lipinski definition) is 4. The van der Waals surface area contributed by atoms with Gasteiger partial charge in [-0.25, -0.2) is 4.98 Å².